The van der Waals surface area contributed by atoms with Crippen LogP contribution in [0.2, 0.25) is 5.02 Å². The van der Waals surface area contributed by atoms with Crippen molar-refractivity contribution in [3.63, 3.8) is 0 Å². The topological polar surface area (TPSA) is 136 Å². The van der Waals surface area contributed by atoms with E-state index in [1.807, 2.05) is 49.4 Å². The number of nitrogens with zero attached hydrogens (tertiary/aromatic N) is 2. The first kappa shape index (κ1) is 36.6. The number of anilines is 1. The Balaban J connectivity index is 1.41. The molecular weight excluding hydrogens is 656 g/mol. The lowest BCUT2D eigenvalue weighted by molar-refractivity contribution is -0.144. The quantitative estimate of drug-likeness (QED) is 0.194. The third-order valence-electron chi connectivity index (χ3n) is 9.84. The molecule has 0 spiro atoms. The number of carboxylic acids is 1. The lowest BCUT2D eigenvalue weighted by Crippen LogP contribution is -2.49. The van der Waals surface area contributed by atoms with Gasteiger partial charge in [0.15, 0.2) is 0 Å². The van der Waals surface area contributed by atoms with Gasteiger partial charge in [0.1, 0.15) is 18.2 Å². The summed E-state index contributed by atoms with van der Waals surface area (Å²) in [5, 5.41) is 16.2. The largest absolute Gasteiger partial charge is 0.480 e. The fourth-order valence-electron chi connectivity index (χ4n) is 7.24. The summed E-state index contributed by atoms with van der Waals surface area (Å²) in [6, 6.07) is 21.9. The Hall–Kier alpha value is -4.70. The van der Waals surface area contributed by atoms with Gasteiger partial charge in [0.25, 0.3) is 5.91 Å². The van der Waals surface area contributed by atoms with Crippen LogP contribution in [-0.4, -0.2) is 58.2 Å². The Morgan fingerprint density at radius 3 is 2.20 bits per heavy atom. The maximum Gasteiger partial charge on any atom is 0.326 e. The van der Waals surface area contributed by atoms with E-state index >= 15 is 0 Å². The van der Waals surface area contributed by atoms with E-state index in [1.54, 1.807) is 46.2 Å². The number of nitrogens with one attached hydrogen (secondary N) is 2. The molecule has 4 amide bonds. The second-order valence-electron chi connectivity index (χ2n) is 13.3. The number of hydrogen-bond acceptors (Lipinski definition) is 5. The van der Waals surface area contributed by atoms with Crippen molar-refractivity contribution in [3.8, 4) is 0 Å². The minimum Gasteiger partial charge on any atom is -0.480 e. The molecule has 1 aliphatic heterocycles. The van der Waals surface area contributed by atoms with Gasteiger partial charge in [-0.25, -0.2) is 4.79 Å². The molecule has 264 valence electrons. The smallest absolute Gasteiger partial charge is 0.326 e. The summed E-state index contributed by atoms with van der Waals surface area (Å²) in [5.74, 6) is -1.98. The molecule has 2 fully saturated rings. The van der Waals surface area contributed by atoms with Crippen LogP contribution < -0.4 is 15.5 Å². The number of carbonyl (C=O) groups is 5. The summed E-state index contributed by atoms with van der Waals surface area (Å²) >= 11 is 6.23. The first-order valence-electron chi connectivity index (χ1n) is 17.3. The van der Waals surface area contributed by atoms with Gasteiger partial charge >= 0.3 is 5.97 Å². The third-order valence-corrected chi connectivity index (χ3v) is 10.1. The minimum absolute atomic E-state index is 0.0371. The first-order chi connectivity index (χ1) is 24.0. The molecule has 5 rings (SSSR count). The molecule has 3 atom stereocenters. The van der Waals surface area contributed by atoms with Gasteiger partial charge in [-0.2, -0.15) is 0 Å². The molecular formula is C39H45ClN4O6. The van der Waals surface area contributed by atoms with E-state index in [1.165, 1.54) is 6.92 Å². The number of rotatable bonds is 14. The Bertz CT molecular complexity index is 1670. The van der Waals surface area contributed by atoms with Crippen LogP contribution in [0.4, 0.5) is 5.69 Å². The van der Waals surface area contributed by atoms with Gasteiger partial charge in [-0.3, -0.25) is 24.1 Å². The Morgan fingerprint density at radius 2 is 1.60 bits per heavy atom. The standard InChI is InChI=1S/C39H45ClN4O6/c1-3-9-34(46)44-33(25-27-10-5-4-6-11-27)36(47)43(35(44)29-14-16-30(40)17-15-29)31-18-12-28(13-19-31)24-32(37(48)49)42-38(50)39(20-7-8-21-39)22-23-41-26(2)45/h4-6,10-19,32-33,35H,3,7-9,20-25H2,1-2H3,(H,41,45)(H,42,50)(H,48,49). The van der Waals surface area contributed by atoms with E-state index in [4.69, 9.17) is 11.6 Å². The van der Waals surface area contributed by atoms with Crippen LogP contribution in [0.15, 0.2) is 78.9 Å². The molecule has 0 radical (unpaired) electrons. The number of aliphatic carboxylic acids is 1. The highest BCUT2D eigenvalue weighted by molar-refractivity contribution is 6.30. The highest BCUT2D eigenvalue weighted by atomic mass is 35.5. The van der Waals surface area contributed by atoms with Gasteiger partial charge < -0.3 is 20.6 Å². The average molecular weight is 701 g/mol. The van der Waals surface area contributed by atoms with Gasteiger partial charge in [-0.15, -0.1) is 0 Å². The second kappa shape index (κ2) is 16.3. The van der Waals surface area contributed by atoms with Crippen LogP contribution >= 0.6 is 11.6 Å². The number of amides is 4. The van der Waals surface area contributed by atoms with E-state index in [9.17, 15) is 29.1 Å². The summed E-state index contributed by atoms with van der Waals surface area (Å²) in [7, 11) is 0. The third kappa shape index (κ3) is 8.35. The van der Waals surface area contributed by atoms with E-state index in [0.29, 0.717) is 54.9 Å². The van der Waals surface area contributed by atoms with Crippen molar-refractivity contribution in [2.24, 2.45) is 5.41 Å². The number of carbonyl (C=O) groups excluding carboxylic acids is 4. The van der Waals surface area contributed by atoms with Crippen LogP contribution in [0.3, 0.4) is 0 Å². The zero-order valence-electron chi connectivity index (χ0n) is 28.6. The van der Waals surface area contributed by atoms with E-state index < -0.39 is 29.6 Å². The van der Waals surface area contributed by atoms with Gasteiger partial charge in [-0.1, -0.05) is 86.0 Å². The molecule has 3 N–H and O–H groups in total. The summed E-state index contributed by atoms with van der Waals surface area (Å²) in [5.41, 5.74) is 2.17. The average Bonchev–Trinajstić information content (AvgIpc) is 3.69. The number of benzene rings is 3. The zero-order valence-corrected chi connectivity index (χ0v) is 29.3. The molecule has 0 bridgehead atoms. The van der Waals surface area contributed by atoms with Crippen molar-refractivity contribution in [3.05, 3.63) is 101 Å². The molecule has 3 unspecified atom stereocenters. The normalized spacial score (nSPS) is 18.9. The lowest BCUT2D eigenvalue weighted by atomic mass is 9.81. The fourth-order valence-corrected chi connectivity index (χ4v) is 7.37. The monoisotopic (exact) mass is 700 g/mol. The minimum atomic E-state index is -1.17. The molecule has 1 aliphatic carbocycles. The summed E-state index contributed by atoms with van der Waals surface area (Å²) in [6.45, 7) is 3.71. The van der Waals surface area contributed by atoms with E-state index in [-0.39, 0.29) is 36.5 Å². The van der Waals surface area contributed by atoms with Crippen LogP contribution in [0.1, 0.15) is 81.6 Å². The molecule has 1 saturated carbocycles. The van der Waals surface area contributed by atoms with Crippen molar-refractivity contribution in [2.45, 2.75) is 89.9 Å². The molecule has 2 aliphatic rings. The lowest BCUT2D eigenvalue weighted by Gasteiger charge is -2.32. The molecule has 10 nitrogen and oxygen atoms in total. The SMILES string of the molecule is CCCC(=O)N1C(Cc2ccccc2)C(=O)N(c2ccc(CC(NC(=O)C3(CCNC(C)=O)CCCC3)C(=O)O)cc2)C1c1ccc(Cl)cc1. The van der Waals surface area contributed by atoms with Crippen LogP contribution in [0.5, 0.6) is 0 Å². The maximum atomic E-state index is 14.4. The Kier molecular flexibility index (Phi) is 12.0. The Labute approximate surface area is 298 Å². The van der Waals surface area contributed by atoms with E-state index in [2.05, 4.69) is 10.6 Å². The van der Waals surface area contributed by atoms with Crippen LogP contribution in [-0.2, 0) is 36.8 Å². The van der Waals surface area contributed by atoms with Crippen molar-refractivity contribution < 1.29 is 29.1 Å². The van der Waals surface area contributed by atoms with Crippen molar-refractivity contribution in [1.29, 1.82) is 0 Å². The highest BCUT2D eigenvalue weighted by Crippen LogP contribution is 2.42. The second-order valence-corrected chi connectivity index (χ2v) is 13.8. The number of halogens is 1. The molecule has 3 aromatic carbocycles. The van der Waals surface area contributed by atoms with Crippen molar-refractivity contribution in [1.82, 2.24) is 15.5 Å². The molecule has 1 saturated heterocycles. The molecule has 1 heterocycles. The number of carboxylic acid groups (broad SMARTS) is 1. The zero-order chi connectivity index (χ0) is 35.8. The Morgan fingerprint density at radius 1 is 0.940 bits per heavy atom. The fraction of sp³-hybridized carbons (Fsp3) is 0.410. The van der Waals surface area contributed by atoms with Crippen molar-refractivity contribution in [2.75, 3.05) is 11.4 Å². The van der Waals surface area contributed by atoms with Gasteiger partial charge in [0, 0.05) is 43.4 Å². The van der Waals surface area contributed by atoms with Crippen LogP contribution in [0, 0.1) is 5.41 Å². The summed E-state index contributed by atoms with van der Waals surface area (Å²) < 4.78 is 0. The molecule has 3 aromatic rings. The maximum absolute atomic E-state index is 14.4. The predicted octanol–water partition coefficient (Wildman–Crippen LogP) is 5.82. The molecule has 11 heteroatoms. The number of hydrogen-bond donors (Lipinski definition) is 3. The van der Waals surface area contributed by atoms with Crippen LogP contribution in [0.25, 0.3) is 0 Å². The predicted molar refractivity (Wildman–Crippen MR) is 191 cm³/mol. The molecule has 50 heavy (non-hydrogen) atoms. The summed E-state index contributed by atoms with van der Waals surface area (Å²) in [6.07, 6.45) is 4.04. The van der Waals surface area contributed by atoms with Gasteiger partial charge in [-0.05, 0) is 66.6 Å². The molecule has 0 aromatic heterocycles. The van der Waals surface area contributed by atoms with E-state index in [0.717, 1.165) is 24.0 Å². The van der Waals surface area contributed by atoms with Gasteiger partial charge in [0.2, 0.25) is 17.7 Å². The van der Waals surface area contributed by atoms with Crippen molar-refractivity contribution >= 4 is 46.9 Å². The highest BCUT2D eigenvalue weighted by Gasteiger charge is 2.49. The first-order valence-corrected chi connectivity index (χ1v) is 17.7. The van der Waals surface area contributed by atoms with Gasteiger partial charge in [0.05, 0.1) is 5.41 Å². The summed E-state index contributed by atoms with van der Waals surface area (Å²) in [4.78, 5) is 68.8.